The highest BCUT2D eigenvalue weighted by Crippen LogP contribution is 2.29. The molecule has 0 fully saturated rings. The van der Waals surface area contributed by atoms with Crippen molar-refractivity contribution in [3.63, 3.8) is 0 Å². The van der Waals surface area contributed by atoms with E-state index in [2.05, 4.69) is 41.2 Å². The zero-order chi connectivity index (χ0) is 16.3. The average molecular weight is 319 g/mol. The predicted octanol–water partition coefficient (Wildman–Crippen LogP) is 4.05. The van der Waals surface area contributed by atoms with E-state index in [0.29, 0.717) is 10.8 Å². The molecule has 5 nitrogen and oxygen atoms in total. The monoisotopic (exact) mass is 319 g/mol. The number of thiazole rings is 1. The van der Waals surface area contributed by atoms with E-state index in [1.165, 1.54) is 5.69 Å². The number of aryl methyl sites for hydroxylation is 2. The lowest BCUT2D eigenvalue weighted by molar-refractivity contribution is 0.0701. The van der Waals surface area contributed by atoms with Crippen LogP contribution >= 0.6 is 11.3 Å². The largest absolute Gasteiger partial charge is 0.477 e. The van der Waals surface area contributed by atoms with Gasteiger partial charge in [0.05, 0.1) is 5.69 Å². The minimum absolute atomic E-state index is 0.278. The molecule has 22 heavy (non-hydrogen) atoms. The number of anilines is 3. The van der Waals surface area contributed by atoms with Crippen molar-refractivity contribution in [1.82, 2.24) is 4.98 Å². The first-order valence-electron chi connectivity index (χ1n) is 7.29. The number of nitrogens with one attached hydrogen (secondary N) is 1. The lowest BCUT2D eigenvalue weighted by atomic mass is 10.1. The van der Waals surface area contributed by atoms with Gasteiger partial charge in [0, 0.05) is 24.5 Å². The Morgan fingerprint density at radius 3 is 2.50 bits per heavy atom. The molecule has 1 aromatic carbocycles. The maximum absolute atomic E-state index is 11.1. The topological polar surface area (TPSA) is 65.5 Å². The number of rotatable bonds is 6. The molecule has 0 bridgehead atoms. The maximum Gasteiger partial charge on any atom is 0.347 e. The molecule has 2 rings (SSSR count). The zero-order valence-electron chi connectivity index (χ0n) is 13.3. The molecule has 2 N–H and O–H groups in total. The Morgan fingerprint density at radius 2 is 2.00 bits per heavy atom. The van der Waals surface area contributed by atoms with Crippen molar-refractivity contribution in [3.05, 3.63) is 34.3 Å². The number of hydrogen-bond donors (Lipinski definition) is 2. The van der Waals surface area contributed by atoms with E-state index in [1.807, 2.05) is 13.0 Å². The van der Waals surface area contributed by atoms with Crippen molar-refractivity contribution in [2.75, 3.05) is 23.3 Å². The average Bonchev–Trinajstić information content (AvgIpc) is 2.84. The number of aromatic nitrogens is 1. The summed E-state index contributed by atoms with van der Waals surface area (Å²) in [5.41, 5.74) is 3.78. The molecule has 6 heteroatoms. The Labute approximate surface area is 134 Å². The van der Waals surface area contributed by atoms with Gasteiger partial charge in [0.1, 0.15) is 4.88 Å². The first-order valence-corrected chi connectivity index (χ1v) is 8.11. The fourth-order valence-electron chi connectivity index (χ4n) is 2.34. The molecule has 0 atom stereocenters. The van der Waals surface area contributed by atoms with Gasteiger partial charge in [0.15, 0.2) is 5.13 Å². The van der Waals surface area contributed by atoms with E-state index in [4.69, 9.17) is 5.11 Å². The standard InChI is InChI=1S/C16H21N3O2S/c1-5-19(6-2)12-7-8-13(10(3)9-12)18-16-17-11(4)14(22-16)15(20)21/h7-9H,5-6H2,1-4H3,(H,17,18)(H,20,21). The molecule has 0 unspecified atom stereocenters. The molecule has 0 aliphatic heterocycles. The summed E-state index contributed by atoms with van der Waals surface area (Å²) in [4.78, 5) is 17.9. The number of carboxylic acid groups (broad SMARTS) is 1. The summed E-state index contributed by atoms with van der Waals surface area (Å²) in [6, 6.07) is 6.22. The Balaban J connectivity index is 2.23. The van der Waals surface area contributed by atoms with E-state index in [9.17, 15) is 4.79 Å². The number of nitrogens with zero attached hydrogens (tertiary/aromatic N) is 2. The van der Waals surface area contributed by atoms with Crippen LogP contribution < -0.4 is 10.2 Å². The lowest BCUT2D eigenvalue weighted by Crippen LogP contribution is -2.21. The third kappa shape index (κ3) is 3.39. The van der Waals surface area contributed by atoms with Crippen molar-refractivity contribution >= 4 is 33.8 Å². The molecule has 2 aromatic rings. The predicted molar refractivity (Wildman–Crippen MR) is 91.8 cm³/mol. The summed E-state index contributed by atoms with van der Waals surface area (Å²) in [6.45, 7) is 9.95. The molecule has 0 saturated heterocycles. The molecule has 0 saturated carbocycles. The molecule has 0 aliphatic carbocycles. The highest BCUT2D eigenvalue weighted by molar-refractivity contribution is 7.17. The first kappa shape index (κ1) is 16.3. The van der Waals surface area contributed by atoms with E-state index < -0.39 is 5.97 Å². The normalized spacial score (nSPS) is 10.5. The molecular formula is C16H21N3O2S. The zero-order valence-corrected chi connectivity index (χ0v) is 14.1. The van der Waals surface area contributed by atoms with Gasteiger partial charge in [-0.3, -0.25) is 0 Å². The summed E-state index contributed by atoms with van der Waals surface area (Å²) in [5.74, 6) is -0.934. The van der Waals surface area contributed by atoms with Gasteiger partial charge >= 0.3 is 5.97 Å². The van der Waals surface area contributed by atoms with Crippen LogP contribution in [0, 0.1) is 13.8 Å². The number of hydrogen-bond acceptors (Lipinski definition) is 5. The molecule has 1 heterocycles. The first-order chi connectivity index (χ1) is 10.5. The molecular weight excluding hydrogens is 298 g/mol. The Morgan fingerprint density at radius 1 is 1.32 bits per heavy atom. The summed E-state index contributed by atoms with van der Waals surface area (Å²) in [6.07, 6.45) is 0. The number of carboxylic acids is 1. The minimum atomic E-state index is -0.934. The second-order valence-corrected chi connectivity index (χ2v) is 6.03. The van der Waals surface area contributed by atoms with Crippen LogP contribution in [0.3, 0.4) is 0 Å². The van der Waals surface area contributed by atoms with Gasteiger partial charge in [0.25, 0.3) is 0 Å². The number of aromatic carboxylic acids is 1. The summed E-state index contributed by atoms with van der Waals surface area (Å²) < 4.78 is 0. The van der Waals surface area contributed by atoms with Gasteiger partial charge in [0.2, 0.25) is 0 Å². The highest BCUT2D eigenvalue weighted by Gasteiger charge is 2.14. The van der Waals surface area contributed by atoms with Crippen molar-refractivity contribution in [2.24, 2.45) is 0 Å². The number of carbonyl (C=O) groups is 1. The summed E-state index contributed by atoms with van der Waals surface area (Å²) in [5, 5.41) is 12.9. The molecule has 0 aliphatic rings. The van der Waals surface area contributed by atoms with Gasteiger partial charge in [-0.2, -0.15) is 0 Å². The van der Waals surface area contributed by atoms with E-state index in [0.717, 1.165) is 35.7 Å². The van der Waals surface area contributed by atoms with Gasteiger partial charge in [-0.15, -0.1) is 0 Å². The fourth-order valence-corrected chi connectivity index (χ4v) is 3.15. The van der Waals surface area contributed by atoms with E-state index in [-0.39, 0.29) is 4.88 Å². The quantitative estimate of drug-likeness (QED) is 0.841. The highest BCUT2D eigenvalue weighted by atomic mass is 32.1. The SMILES string of the molecule is CCN(CC)c1ccc(Nc2nc(C)c(C(=O)O)s2)c(C)c1. The van der Waals surface area contributed by atoms with Crippen LogP contribution in [0.4, 0.5) is 16.5 Å². The van der Waals surface area contributed by atoms with Crippen molar-refractivity contribution in [2.45, 2.75) is 27.7 Å². The third-order valence-corrected chi connectivity index (χ3v) is 4.63. The smallest absolute Gasteiger partial charge is 0.347 e. The van der Waals surface area contributed by atoms with Crippen LogP contribution in [0.25, 0.3) is 0 Å². The lowest BCUT2D eigenvalue weighted by Gasteiger charge is -2.22. The van der Waals surface area contributed by atoms with Crippen LogP contribution in [-0.4, -0.2) is 29.1 Å². The van der Waals surface area contributed by atoms with Crippen LogP contribution in [0.2, 0.25) is 0 Å². The van der Waals surface area contributed by atoms with Crippen LogP contribution in [0.1, 0.15) is 34.8 Å². The molecule has 1 aromatic heterocycles. The fraction of sp³-hybridized carbons (Fsp3) is 0.375. The third-order valence-electron chi connectivity index (χ3n) is 3.57. The van der Waals surface area contributed by atoms with Gasteiger partial charge in [-0.1, -0.05) is 11.3 Å². The Kier molecular flexibility index (Phi) is 5.03. The second kappa shape index (κ2) is 6.79. The Hall–Kier alpha value is -2.08. The van der Waals surface area contributed by atoms with Crippen LogP contribution in [0.15, 0.2) is 18.2 Å². The van der Waals surface area contributed by atoms with Crippen molar-refractivity contribution < 1.29 is 9.90 Å². The van der Waals surface area contributed by atoms with E-state index >= 15 is 0 Å². The molecule has 0 radical (unpaired) electrons. The van der Waals surface area contributed by atoms with Gasteiger partial charge in [-0.05, 0) is 51.5 Å². The van der Waals surface area contributed by atoms with Crippen molar-refractivity contribution in [1.29, 1.82) is 0 Å². The maximum atomic E-state index is 11.1. The minimum Gasteiger partial charge on any atom is -0.477 e. The van der Waals surface area contributed by atoms with Crippen LogP contribution in [0.5, 0.6) is 0 Å². The van der Waals surface area contributed by atoms with Crippen molar-refractivity contribution in [3.8, 4) is 0 Å². The summed E-state index contributed by atoms with van der Waals surface area (Å²) in [7, 11) is 0. The number of benzene rings is 1. The molecule has 0 amide bonds. The molecule has 118 valence electrons. The van der Waals surface area contributed by atoms with Crippen LogP contribution in [-0.2, 0) is 0 Å². The summed E-state index contributed by atoms with van der Waals surface area (Å²) >= 11 is 1.16. The second-order valence-electron chi connectivity index (χ2n) is 5.04. The van der Waals surface area contributed by atoms with Gasteiger partial charge < -0.3 is 15.3 Å². The molecule has 0 spiro atoms. The van der Waals surface area contributed by atoms with Gasteiger partial charge in [-0.25, -0.2) is 9.78 Å². The van der Waals surface area contributed by atoms with E-state index in [1.54, 1.807) is 6.92 Å². The Bertz CT molecular complexity index is 678.